The number of nitrogens with zero attached hydrogens (tertiary/aromatic N) is 2. The Hall–Kier alpha value is -1.15. The molecule has 2 aromatic rings. The van der Waals surface area contributed by atoms with Gasteiger partial charge in [0.25, 0.3) is 0 Å². The van der Waals surface area contributed by atoms with Crippen LogP contribution in [0.5, 0.6) is 0 Å². The van der Waals surface area contributed by atoms with Crippen LogP contribution in [0, 0.1) is 6.92 Å². The van der Waals surface area contributed by atoms with E-state index in [1.807, 2.05) is 29.8 Å². The van der Waals surface area contributed by atoms with E-state index in [2.05, 4.69) is 10.3 Å². The van der Waals surface area contributed by atoms with Crippen LogP contribution < -0.4 is 5.32 Å². The highest BCUT2D eigenvalue weighted by Crippen LogP contribution is 2.36. The fraction of sp³-hybridized carbons (Fsp3) is 0.471. The van der Waals surface area contributed by atoms with Crippen molar-refractivity contribution in [3.8, 4) is 0 Å². The molecule has 8 heteroatoms. The lowest BCUT2D eigenvalue weighted by Crippen LogP contribution is -2.57. The predicted molar refractivity (Wildman–Crippen MR) is 93.7 cm³/mol. The number of rotatable bonds is 4. The van der Waals surface area contributed by atoms with Crippen LogP contribution in [0.3, 0.4) is 0 Å². The van der Waals surface area contributed by atoms with Crippen molar-refractivity contribution in [2.75, 3.05) is 6.61 Å². The number of aromatic nitrogens is 2. The number of ether oxygens (including phenoxy) is 2. The largest absolute Gasteiger partial charge is 0.389 e. The minimum atomic E-state index is -0.665. The van der Waals surface area contributed by atoms with Gasteiger partial charge in [-0.05, 0) is 24.6 Å². The number of aryl methyl sites for hydroxylation is 1. The molecule has 2 aliphatic rings. The molecule has 6 nitrogen and oxygen atoms in total. The number of benzene rings is 1. The van der Waals surface area contributed by atoms with Gasteiger partial charge in [0.15, 0.2) is 6.29 Å². The van der Waals surface area contributed by atoms with E-state index in [-0.39, 0.29) is 18.2 Å². The van der Waals surface area contributed by atoms with Crippen LogP contribution in [0.1, 0.15) is 17.4 Å². The fourth-order valence-corrected chi connectivity index (χ4v) is 3.86. The van der Waals surface area contributed by atoms with Gasteiger partial charge in [-0.2, -0.15) is 0 Å². The van der Waals surface area contributed by atoms with E-state index < -0.39 is 12.4 Å². The van der Waals surface area contributed by atoms with Crippen LogP contribution in [-0.4, -0.2) is 45.8 Å². The number of aliphatic hydroxyl groups excluding tert-OH is 1. The van der Waals surface area contributed by atoms with E-state index >= 15 is 0 Å². The number of hydrogen-bond donors (Lipinski definition) is 2. The summed E-state index contributed by atoms with van der Waals surface area (Å²) in [6, 6.07) is 4.88. The average molecular weight is 384 g/mol. The zero-order chi connectivity index (χ0) is 17.6. The maximum atomic E-state index is 11.0. The Morgan fingerprint density at radius 2 is 2.20 bits per heavy atom. The Labute approximate surface area is 155 Å². The summed E-state index contributed by atoms with van der Waals surface area (Å²) in [7, 11) is 0. The molecule has 2 bridgehead atoms. The molecule has 0 spiro atoms. The molecule has 2 saturated heterocycles. The zero-order valence-corrected chi connectivity index (χ0v) is 15.1. The van der Waals surface area contributed by atoms with Crippen LogP contribution in [-0.2, 0) is 16.0 Å². The molecule has 0 amide bonds. The molecule has 25 heavy (non-hydrogen) atoms. The monoisotopic (exact) mass is 383 g/mol. The first-order valence-corrected chi connectivity index (χ1v) is 8.92. The fourth-order valence-electron chi connectivity index (χ4n) is 3.54. The molecule has 2 aliphatic heterocycles. The number of fused-ring (bicyclic) bond motifs is 2. The Kier molecular flexibility index (Phi) is 4.75. The SMILES string of the molecule is Cc1nccn1[C@H]1[C@@H]2OC[C@@H](O2)[C@@H](NCc2ccc(Cl)c(Cl)c2)[C@@H]1O. The van der Waals surface area contributed by atoms with Crippen LogP contribution in [0.15, 0.2) is 30.6 Å². The highest BCUT2D eigenvalue weighted by molar-refractivity contribution is 6.42. The minimum absolute atomic E-state index is 0.192. The molecule has 4 rings (SSSR count). The van der Waals surface area contributed by atoms with Gasteiger partial charge in [0, 0.05) is 18.9 Å². The second-order valence-corrected chi connectivity index (χ2v) is 7.21. The normalized spacial score (nSPS) is 31.4. The Balaban J connectivity index is 1.52. The van der Waals surface area contributed by atoms with Gasteiger partial charge in [-0.1, -0.05) is 29.3 Å². The first kappa shape index (κ1) is 17.3. The summed E-state index contributed by atoms with van der Waals surface area (Å²) in [5, 5.41) is 15.4. The summed E-state index contributed by atoms with van der Waals surface area (Å²) in [4.78, 5) is 4.24. The second-order valence-electron chi connectivity index (χ2n) is 6.39. The summed E-state index contributed by atoms with van der Waals surface area (Å²) in [6.45, 7) is 2.88. The second kappa shape index (κ2) is 6.87. The molecule has 0 saturated carbocycles. The van der Waals surface area contributed by atoms with E-state index in [1.165, 1.54) is 0 Å². The first-order valence-electron chi connectivity index (χ1n) is 8.16. The molecule has 0 unspecified atom stereocenters. The standard InChI is InChI=1S/C17H19Cl2N3O3/c1-9-20-4-5-22(9)15-16(23)14(13-8-24-17(15)25-13)21-7-10-2-3-11(18)12(19)6-10/h2-6,13-17,21,23H,7-8H2,1H3/t13-,14-,15-,16+,17-/m1/s1. The number of hydrogen-bond acceptors (Lipinski definition) is 5. The van der Waals surface area contributed by atoms with Gasteiger partial charge in [-0.3, -0.25) is 0 Å². The molecule has 134 valence electrons. The quantitative estimate of drug-likeness (QED) is 0.847. The van der Waals surface area contributed by atoms with Crippen molar-refractivity contribution in [2.24, 2.45) is 0 Å². The molecule has 2 N–H and O–H groups in total. The summed E-state index contributed by atoms with van der Waals surface area (Å²) in [5.41, 5.74) is 0.984. The topological polar surface area (TPSA) is 68.5 Å². The van der Waals surface area contributed by atoms with Crippen LogP contribution in [0.2, 0.25) is 10.0 Å². The van der Waals surface area contributed by atoms with E-state index in [4.69, 9.17) is 32.7 Å². The van der Waals surface area contributed by atoms with Crippen molar-refractivity contribution in [2.45, 2.75) is 44.1 Å². The van der Waals surface area contributed by atoms with Gasteiger partial charge in [0.2, 0.25) is 0 Å². The van der Waals surface area contributed by atoms with Gasteiger partial charge < -0.3 is 24.5 Å². The Morgan fingerprint density at radius 1 is 1.36 bits per heavy atom. The average Bonchev–Trinajstić information content (AvgIpc) is 3.19. The van der Waals surface area contributed by atoms with Crippen molar-refractivity contribution in [1.29, 1.82) is 0 Å². The highest BCUT2D eigenvalue weighted by Gasteiger charge is 2.50. The summed E-state index contributed by atoms with van der Waals surface area (Å²) >= 11 is 12.0. The smallest absolute Gasteiger partial charge is 0.181 e. The van der Waals surface area contributed by atoms with E-state index in [1.54, 1.807) is 12.3 Å². The van der Waals surface area contributed by atoms with Crippen molar-refractivity contribution in [3.63, 3.8) is 0 Å². The molecular formula is C17H19Cl2N3O3. The highest BCUT2D eigenvalue weighted by atomic mass is 35.5. The van der Waals surface area contributed by atoms with Gasteiger partial charge in [0.05, 0.1) is 28.8 Å². The van der Waals surface area contributed by atoms with Gasteiger partial charge in [0.1, 0.15) is 18.0 Å². The molecule has 2 fully saturated rings. The summed E-state index contributed by atoms with van der Waals surface area (Å²) in [5.74, 6) is 0.810. The molecular weight excluding hydrogens is 365 g/mol. The van der Waals surface area contributed by atoms with Crippen molar-refractivity contribution in [1.82, 2.24) is 14.9 Å². The summed E-state index contributed by atoms with van der Waals surface area (Å²) < 4.78 is 13.6. The number of nitrogens with one attached hydrogen (secondary N) is 1. The van der Waals surface area contributed by atoms with Crippen LogP contribution in [0.4, 0.5) is 0 Å². The van der Waals surface area contributed by atoms with E-state index in [0.717, 1.165) is 11.4 Å². The number of imidazole rings is 1. The Bertz CT molecular complexity index is 769. The van der Waals surface area contributed by atoms with Crippen molar-refractivity contribution < 1.29 is 14.6 Å². The number of halogens is 2. The maximum absolute atomic E-state index is 11.0. The molecule has 0 radical (unpaired) electrons. The van der Waals surface area contributed by atoms with Gasteiger partial charge in [-0.15, -0.1) is 0 Å². The maximum Gasteiger partial charge on any atom is 0.181 e. The molecule has 3 heterocycles. The van der Waals surface area contributed by atoms with Crippen LogP contribution >= 0.6 is 23.2 Å². The van der Waals surface area contributed by atoms with E-state index in [9.17, 15) is 5.11 Å². The third-order valence-corrected chi connectivity index (χ3v) is 5.58. The lowest BCUT2D eigenvalue weighted by atomic mass is 9.95. The molecule has 0 aliphatic carbocycles. The zero-order valence-electron chi connectivity index (χ0n) is 13.6. The molecule has 1 aromatic heterocycles. The van der Waals surface area contributed by atoms with Crippen molar-refractivity contribution >= 4 is 23.2 Å². The molecule has 5 atom stereocenters. The van der Waals surface area contributed by atoms with Gasteiger partial charge >= 0.3 is 0 Å². The lowest BCUT2D eigenvalue weighted by molar-refractivity contribution is -0.165. The molecule has 1 aromatic carbocycles. The summed E-state index contributed by atoms with van der Waals surface area (Å²) in [6.07, 6.45) is 2.23. The predicted octanol–water partition coefficient (Wildman–Crippen LogP) is 2.31. The van der Waals surface area contributed by atoms with E-state index in [0.29, 0.717) is 23.2 Å². The third kappa shape index (κ3) is 3.18. The minimum Gasteiger partial charge on any atom is -0.389 e. The Morgan fingerprint density at radius 3 is 2.92 bits per heavy atom. The third-order valence-electron chi connectivity index (χ3n) is 4.84. The number of aliphatic hydroxyl groups is 1. The lowest BCUT2D eigenvalue weighted by Gasteiger charge is -2.39. The first-order chi connectivity index (χ1) is 12.0. The van der Waals surface area contributed by atoms with Crippen LogP contribution in [0.25, 0.3) is 0 Å². The van der Waals surface area contributed by atoms with Gasteiger partial charge in [-0.25, -0.2) is 4.98 Å². The van der Waals surface area contributed by atoms with Crippen molar-refractivity contribution in [3.05, 3.63) is 52.0 Å².